The van der Waals surface area contributed by atoms with Crippen molar-refractivity contribution in [2.45, 2.75) is 46.0 Å². The summed E-state index contributed by atoms with van der Waals surface area (Å²) in [7, 11) is 0. The molecule has 0 bridgehead atoms. The lowest BCUT2D eigenvalue weighted by Gasteiger charge is -2.09. The highest BCUT2D eigenvalue weighted by Gasteiger charge is 2.15. The van der Waals surface area contributed by atoms with Crippen molar-refractivity contribution in [3.63, 3.8) is 0 Å². The molecule has 0 aliphatic rings. The van der Waals surface area contributed by atoms with Crippen molar-refractivity contribution in [2.24, 2.45) is 11.8 Å². The molecule has 0 aromatic heterocycles. The van der Waals surface area contributed by atoms with Crippen LogP contribution in [0.1, 0.15) is 46.0 Å². The fraction of sp³-hybridized carbons (Fsp3) is 0.750. The van der Waals surface area contributed by atoms with Crippen molar-refractivity contribution in [1.82, 2.24) is 0 Å². The quantitative estimate of drug-likeness (QED) is 0.502. The highest BCUT2D eigenvalue weighted by atomic mass is 16.4. The minimum absolute atomic E-state index is 0.341. The predicted molar refractivity (Wildman–Crippen MR) is 57.9 cm³/mol. The summed E-state index contributed by atoms with van der Waals surface area (Å²) in [6.45, 7) is 4.35. The van der Waals surface area contributed by atoms with Gasteiger partial charge in [0.25, 0.3) is 0 Å². The Morgan fingerprint density at radius 2 is 1.93 bits per heavy atom. The molecule has 14 heavy (non-hydrogen) atoms. The van der Waals surface area contributed by atoms with Gasteiger partial charge < -0.3 is 5.11 Å². The van der Waals surface area contributed by atoms with E-state index in [-0.39, 0.29) is 5.92 Å². The minimum Gasteiger partial charge on any atom is -0.481 e. The molecule has 1 atom stereocenters. The maximum absolute atomic E-state index is 10.7. The van der Waals surface area contributed by atoms with Crippen LogP contribution in [0.3, 0.4) is 0 Å². The zero-order valence-electron chi connectivity index (χ0n) is 9.12. The Hall–Kier alpha value is -0.970. The third kappa shape index (κ3) is 6.54. The van der Waals surface area contributed by atoms with Crippen LogP contribution >= 0.6 is 0 Å². The van der Waals surface area contributed by atoms with Crippen LogP contribution in [-0.4, -0.2) is 11.1 Å². The number of aliphatic carboxylic acids is 1. The summed E-state index contributed by atoms with van der Waals surface area (Å²) in [6, 6.07) is 0. The number of carboxylic acid groups (broad SMARTS) is 1. The molecular formula is C12H20O2. The summed E-state index contributed by atoms with van der Waals surface area (Å²) < 4.78 is 0. The summed E-state index contributed by atoms with van der Waals surface area (Å²) in [5.74, 6) is 2.02. The second-order valence-electron chi connectivity index (χ2n) is 4.12. The van der Waals surface area contributed by atoms with Gasteiger partial charge in [-0.1, -0.05) is 33.1 Å². The molecule has 0 saturated heterocycles. The fourth-order valence-corrected chi connectivity index (χ4v) is 1.40. The van der Waals surface area contributed by atoms with Gasteiger partial charge in [-0.15, -0.1) is 12.3 Å². The van der Waals surface area contributed by atoms with Crippen LogP contribution in [0.2, 0.25) is 0 Å². The van der Waals surface area contributed by atoms with E-state index in [1.807, 2.05) is 0 Å². The lowest BCUT2D eigenvalue weighted by Crippen LogP contribution is -2.12. The molecule has 0 rings (SSSR count). The first-order valence-electron chi connectivity index (χ1n) is 5.24. The van der Waals surface area contributed by atoms with Crippen molar-refractivity contribution in [3.05, 3.63) is 0 Å². The van der Waals surface area contributed by atoms with E-state index in [2.05, 4.69) is 19.8 Å². The summed E-state index contributed by atoms with van der Waals surface area (Å²) in [4.78, 5) is 10.7. The molecule has 0 aliphatic heterocycles. The Labute approximate surface area is 86.7 Å². The van der Waals surface area contributed by atoms with Gasteiger partial charge in [-0.3, -0.25) is 4.79 Å². The number of terminal acetylenes is 1. The van der Waals surface area contributed by atoms with E-state index in [4.69, 9.17) is 11.5 Å². The molecule has 0 aromatic carbocycles. The molecule has 0 aromatic rings. The monoisotopic (exact) mass is 196 g/mol. The number of carbonyl (C=O) groups is 1. The zero-order chi connectivity index (χ0) is 11.0. The normalized spacial score (nSPS) is 12.4. The summed E-state index contributed by atoms with van der Waals surface area (Å²) in [5, 5.41) is 8.82. The van der Waals surface area contributed by atoms with Gasteiger partial charge >= 0.3 is 5.97 Å². The van der Waals surface area contributed by atoms with E-state index >= 15 is 0 Å². The number of hydrogen-bond donors (Lipinski definition) is 1. The molecule has 2 heteroatoms. The van der Waals surface area contributed by atoms with Crippen LogP contribution in [0.4, 0.5) is 0 Å². The molecule has 1 N–H and O–H groups in total. The van der Waals surface area contributed by atoms with Gasteiger partial charge in [-0.25, -0.2) is 0 Å². The fourth-order valence-electron chi connectivity index (χ4n) is 1.40. The Kier molecular flexibility index (Phi) is 6.92. The Balaban J connectivity index is 3.62. The average Bonchev–Trinajstić information content (AvgIpc) is 2.09. The Morgan fingerprint density at radius 3 is 2.36 bits per heavy atom. The maximum atomic E-state index is 10.7. The molecule has 0 saturated carbocycles. The van der Waals surface area contributed by atoms with Crippen LogP contribution in [0.5, 0.6) is 0 Å². The SMILES string of the molecule is C#CCC(CCCCC(C)C)C(=O)O. The van der Waals surface area contributed by atoms with E-state index in [1.54, 1.807) is 0 Å². The number of hydrogen-bond acceptors (Lipinski definition) is 1. The van der Waals surface area contributed by atoms with Gasteiger partial charge in [-0.2, -0.15) is 0 Å². The van der Waals surface area contributed by atoms with Crippen molar-refractivity contribution in [3.8, 4) is 12.3 Å². The standard InChI is InChI=1S/C12H20O2/c1-4-7-11(12(13)14)9-6-5-8-10(2)3/h1,10-11H,5-9H2,2-3H3,(H,13,14). The van der Waals surface area contributed by atoms with E-state index in [1.165, 1.54) is 6.42 Å². The number of carboxylic acids is 1. The smallest absolute Gasteiger partial charge is 0.307 e. The number of rotatable bonds is 7. The second-order valence-corrected chi connectivity index (χ2v) is 4.12. The second kappa shape index (κ2) is 7.44. The Morgan fingerprint density at radius 1 is 1.36 bits per heavy atom. The number of unbranched alkanes of at least 4 members (excludes halogenated alkanes) is 1. The molecular weight excluding hydrogens is 176 g/mol. The van der Waals surface area contributed by atoms with Crippen molar-refractivity contribution >= 4 is 5.97 Å². The first-order valence-corrected chi connectivity index (χ1v) is 5.24. The van der Waals surface area contributed by atoms with Crippen LogP contribution in [-0.2, 0) is 4.79 Å². The molecule has 0 heterocycles. The molecule has 0 fully saturated rings. The topological polar surface area (TPSA) is 37.3 Å². The first kappa shape index (κ1) is 13.0. The van der Waals surface area contributed by atoms with Crippen LogP contribution < -0.4 is 0 Å². The van der Waals surface area contributed by atoms with Gasteiger partial charge in [0, 0.05) is 6.42 Å². The molecule has 0 amide bonds. The van der Waals surface area contributed by atoms with E-state index in [9.17, 15) is 4.79 Å². The highest BCUT2D eigenvalue weighted by molar-refractivity contribution is 5.70. The predicted octanol–water partition coefficient (Wildman–Crippen LogP) is 2.93. The lowest BCUT2D eigenvalue weighted by atomic mass is 9.96. The summed E-state index contributed by atoms with van der Waals surface area (Å²) in [5.41, 5.74) is 0. The third-order valence-electron chi connectivity index (χ3n) is 2.30. The van der Waals surface area contributed by atoms with E-state index in [0.717, 1.165) is 12.8 Å². The molecule has 1 unspecified atom stereocenters. The lowest BCUT2D eigenvalue weighted by molar-refractivity contribution is -0.141. The third-order valence-corrected chi connectivity index (χ3v) is 2.30. The molecule has 0 aliphatic carbocycles. The van der Waals surface area contributed by atoms with Gasteiger partial charge in [0.1, 0.15) is 0 Å². The van der Waals surface area contributed by atoms with Gasteiger partial charge in [0.05, 0.1) is 5.92 Å². The largest absolute Gasteiger partial charge is 0.481 e. The van der Waals surface area contributed by atoms with E-state index < -0.39 is 5.97 Å². The van der Waals surface area contributed by atoms with Gasteiger partial charge in [0.15, 0.2) is 0 Å². The van der Waals surface area contributed by atoms with Gasteiger partial charge in [-0.05, 0) is 12.3 Å². The zero-order valence-corrected chi connectivity index (χ0v) is 9.12. The first-order chi connectivity index (χ1) is 6.57. The highest BCUT2D eigenvalue weighted by Crippen LogP contribution is 2.15. The summed E-state index contributed by atoms with van der Waals surface area (Å²) in [6.07, 6.45) is 9.42. The van der Waals surface area contributed by atoms with Crippen LogP contribution in [0.25, 0.3) is 0 Å². The van der Waals surface area contributed by atoms with Crippen molar-refractivity contribution in [2.75, 3.05) is 0 Å². The van der Waals surface area contributed by atoms with Crippen LogP contribution in [0.15, 0.2) is 0 Å². The molecule has 0 spiro atoms. The molecule has 0 radical (unpaired) electrons. The molecule has 2 nitrogen and oxygen atoms in total. The van der Waals surface area contributed by atoms with Gasteiger partial charge in [0.2, 0.25) is 0 Å². The van der Waals surface area contributed by atoms with Crippen LogP contribution in [0, 0.1) is 24.2 Å². The van der Waals surface area contributed by atoms with E-state index in [0.29, 0.717) is 18.8 Å². The summed E-state index contributed by atoms with van der Waals surface area (Å²) >= 11 is 0. The average molecular weight is 196 g/mol. The maximum Gasteiger partial charge on any atom is 0.307 e. The Bertz CT molecular complexity index is 201. The van der Waals surface area contributed by atoms with Crippen molar-refractivity contribution in [1.29, 1.82) is 0 Å². The molecule has 80 valence electrons. The van der Waals surface area contributed by atoms with Crippen molar-refractivity contribution < 1.29 is 9.90 Å². The minimum atomic E-state index is -0.757.